The predicted molar refractivity (Wildman–Crippen MR) is 97.4 cm³/mol. The number of carbonyl (C=O) groups is 1. The first-order valence-corrected chi connectivity index (χ1v) is 8.87. The molecule has 1 saturated heterocycles. The summed E-state index contributed by atoms with van der Waals surface area (Å²) in [7, 11) is 2.02. The average molecular weight is 412 g/mol. The Balaban J connectivity index is 2.28. The van der Waals surface area contributed by atoms with Crippen LogP contribution in [0.5, 0.6) is 0 Å². The Bertz CT molecular complexity index is 904. The van der Waals surface area contributed by atoms with Crippen LogP contribution < -0.4 is 10.5 Å². The summed E-state index contributed by atoms with van der Waals surface area (Å²) in [6.45, 7) is 4.88. The van der Waals surface area contributed by atoms with E-state index in [0.29, 0.717) is 40.8 Å². The number of pyridine rings is 2. The summed E-state index contributed by atoms with van der Waals surface area (Å²) in [5, 5.41) is 9.24. The number of nitrogens with zero attached hydrogens (tertiary/aromatic N) is 3. The molecule has 25 heavy (non-hydrogen) atoms. The number of rotatable bonds is 3. The highest BCUT2D eigenvalue weighted by Gasteiger charge is 2.24. The van der Waals surface area contributed by atoms with Gasteiger partial charge < -0.3 is 14.9 Å². The van der Waals surface area contributed by atoms with Gasteiger partial charge in [-0.15, -0.1) is 0 Å². The number of aromatic nitrogens is 1. The van der Waals surface area contributed by atoms with Crippen LogP contribution in [0.3, 0.4) is 0 Å². The maximum Gasteiger partial charge on any atom is 0.341 e. The Labute approximate surface area is 152 Å². The number of fused-ring (bicyclic) bond motifs is 1. The normalized spacial score (nSPS) is 15.8. The molecule has 1 aliphatic heterocycles. The number of hydrogen-bond acceptors (Lipinski definition) is 4. The molecule has 2 aromatic rings. The minimum absolute atomic E-state index is 0.354. The molecule has 2 aromatic heterocycles. The number of likely N-dealkylation sites (N-methyl/N-ethyl adjacent to an activating group) is 1. The highest BCUT2D eigenvalue weighted by atomic mass is 79.9. The first-order chi connectivity index (χ1) is 11.8. The van der Waals surface area contributed by atoms with Crippen molar-refractivity contribution >= 4 is 33.1 Å². The number of hydrogen-bond donors (Lipinski definition) is 1. The van der Waals surface area contributed by atoms with E-state index >= 15 is 0 Å². The van der Waals surface area contributed by atoms with Gasteiger partial charge in [-0.2, -0.15) is 0 Å². The topological polar surface area (TPSA) is 65.3 Å². The summed E-state index contributed by atoms with van der Waals surface area (Å²) in [4.78, 5) is 27.9. The molecule has 134 valence electrons. The van der Waals surface area contributed by atoms with Gasteiger partial charge in [0.25, 0.3) is 5.56 Å². The third kappa shape index (κ3) is 3.04. The third-order valence-corrected chi connectivity index (χ3v) is 5.38. The van der Waals surface area contributed by atoms with E-state index in [9.17, 15) is 19.1 Å². The molecule has 1 N–H and O–H groups in total. The van der Waals surface area contributed by atoms with E-state index in [0.717, 1.165) is 23.7 Å². The number of halogens is 2. The van der Waals surface area contributed by atoms with Crippen LogP contribution >= 0.6 is 15.9 Å². The Morgan fingerprint density at radius 2 is 1.96 bits per heavy atom. The molecule has 1 aliphatic rings. The Morgan fingerprint density at radius 1 is 1.32 bits per heavy atom. The number of aryl methyl sites for hydroxylation is 1. The molecule has 0 aromatic carbocycles. The van der Waals surface area contributed by atoms with Crippen LogP contribution in [0.15, 0.2) is 21.5 Å². The van der Waals surface area contributed by atoms with E-state index in [2.05, 4.69) is 20.8 Å². The molecular weight excluding hydrogens is 393 g/mol. The standard InChI is InChI=1S/C17H19BrFN3O3/c1-3-10-8-11(17(24)25)16(23)22-9-12(19)15(13(18)14(10)22)21-6-4-20(2)5-7-21/h8-9H,3-7H2,1-2H3,(H,24,25). The van der Waals surface area contributed by atoms with Gasteiger partial charge in [-0.05, 0) is 41.0 Å². The quantitative estimate of drug-likeness (QED) is 0.838. The molecule has 0 atom stereocenters. The average Bonchev–Trinajstić information content (AvgIpc) is 2.57. The second kappa shape index (κ2) is 6.76. The fourth-order valence-corrected chi connectivity index (χ4v) is 4.08. The van der Waals surface area contributed by atoms with Crippen LogP contribution in [0.1, 0.15) is 22.8 Å². The molecule has 6 nitrogen and oxygen atoms in total. The SMILES string of the molecule is CCc1cc(C(=O)O)c(=O)n2cc(F)c(N3CCN(C)CC3)c(Br)c12. The Morgan fingerprint density at radius 3 is 2.52 bits per heavy atom. The number of carboxylic acids is 1. The van der Waals surface area contributed by atoms with Crippen LogP contribution in [-0.2, 0) is 6.42 Å². The first kappa shape index (κ1) is 17.9. The van der Waals surface area contributed by atoms with E-state index < -0.39 is 17.3 Å². The lowest BCUT2D eigenvalue weighted by Gasteiger charge is -2.35. The zero-order valence-corrected chi connectivity index (χ0v) is 15.6. The summed E-state index contributed by atoms with van der Waals surface area (Å²) in [5.74, 6) is -1.86. The van der Waals surface area contributed by atoms with Gasteiger partial charge in [0.15, 0.2) is 5.82 Å². The van der Waals surface area contributed by atoms with Crippen molar-refractivity contribution in [2.75, 3.05) is 38.1 Å². The number of aromatic carboxylic acids is 1. The van der Waals surface area contributed by atoms with Gasteiger partial charge >= 0.3 is 5.97 Å². The fourth-order valence-electron chi connectivity index (χ4n) is 3.19. The maximum atomic E-state index is 14.8. The van der Waals surface area contributed by atoms with Gasteiger partial charge in [0, 0.05) is 26.2 Å². The minimum Gasteiger partial charge on any atom is -0.477 e. The zero-order valence-electron chi connectivity index (χ0n) is 14.1. The molecule has 0 amide bonds. The summed E-state index contributed by atoms with van der Waals surface area (Å²) in [5.41, 5.74) is 0.537. The van der Waals surface area contributed by atoms with Crippen molar-refractivity contribution < 1.29 is 14.3 Å². The van der Waals surface area contributed by atoms with Crippen LogP contribution in [0.4, 0.5) is 10.1 Å². The van der Waals surface area contributed by atoms with E-state index in [4.69, 9.17) is 0 Å². The summed E-state index contributed by atoms with van der Waals surface area (Å²) in [6.07, 6.45) is 1.62. The molecule has 0 aliphatic carbocycles. The maximum absolute atomic E-state index is 14.8. The van der Waals surface area contributed by atoms with E-state index in [-0.39, 0.29) is 5.56 Å². The van der Waals surface area contributed by atoms with Gasteiger partial charge in [-0.3, -0.25) is 9.20 Å². The number of piperazine rings is 1. The molecule has 0 spiro atoms. The molecule has 0 bridgehead atoms. The summed E-state index contributed by atoms with van der Waals surface area (Å²) in [6, 6.07) is 1.39. The molecule has 0 saturated carbocycles. The van der Waals surface area contributed by atoms with Crippen molar-refractivity contribution in [1.82, 2.24) is 9.30 Å². The van der Waals surface area contributed by atoms with Crippen molar-refractivity contribution in [3.63, 3.8) is 0 Å². The lowest BCUT2D eigenvalue weighted by molar-refractivity contribution is 0.0694. The molecule has 3 heterocycles. The number of anilines is 1. The molecule has 8 heteroatoms. The monoisotopic (exact) mass is 411 g/mol. The highest BCUT2D eigenvalue weighted by Crippen LogP contribution is 2.35. The zero-order chi connectivity index (χ0) is 18.3. The predicted octanol–water partition coefficient (Wildman–Crippen LogP) is 2.21. The molecular formula is C17H19BrFN3O3. The van der Waals surface area contributed by atoms with E-state index in [1.807, 2.05) is 18.9 Å². The largest absolute Gasteiger partial charge is 0.477 e. The fraction of sp³-hybridized carbons (Fsp3) is 0.412. The molecule has 0 unspecified atom stereocenters. The molecule has 1 fully saturated rings. The Hall–Kier alpha value is -1.93. The van der Waals surface area contributed by atoms with Gasteiger partial charge in [0.05, 0.1) is 21.9 Å². The molecule has 3 rings (SSSR count). The minimum atomic E-state index is -1.31. The smallest absolute Gasteiger partial charge is 0.341 e. The van der Waals surface area contributed by atoms with Crippen molar-refractivity contribution in [2.24, 2.45) is 0 Å². The van der Waals surface area contributed by atoms with Crippen molar-refractivity contribution in [3.05, 3.63) is 44.0 Å². The van der Waals surface area contributed by atoms with Crippen LogP contribution in [0.25, 0.3) is 5.52 Å². The second-order valence-electron chi connectivity index (χ2n) is 6.20. The van der Waals surface area contributed by atoms with Gasteiger partial charge in [-0.1, -0.05) is 6.92 Å². The van der Waals surface area contributed by atoms with Gasteiger partial charge in [-0.25, -0.2) is 9.18 Å². The van der Waals surface area contributed by atoms with E-state index in [1.54, 1.807) is 0 Å². The van der Waals surface area contributed by atoms with Crippen molar-refractivity contribution in [3.8, 4) is 0 Å². The van der Waals surface area contributed by atoms with Crippen LogP contribution in [-0.4, -0.2) is 53.6 Å². The number of carboxylic acid groups (broad SMARTS) is 1. The lowest BCUT2D eigenvalue weighted by atomic mass is 10.1. The third-order valence-electron chi connectivity index (χ3n) is 4.63. The molecule has 0 radical (unpaired) electrons. The first-order valence-electron chi connectivity index (χ1n) is 8.08. The van der Waals surface area contributed by atoms with Crippen LogP contribution in [0.2, 0.25) is 0 Å². The van der Waals surface area contributed by atoms with Crippen molar-refractivity contribution in [1.29, 1.82) is 0 Å². The highest BCUT2D eigenvalue weighted by molar-refractivity contribution is 9.10. The lowest BCUT2D eigenvalue weighted by Crippen LogP contribution is -2.45. The van der Waals surface area contributed by atoms with Gasteiger partial charge in [0.1, 0.15) is 5.56 Å². The Kier molecular flexibility index (Phi) is 4.83. The van der Waals surface area contributed by atoms with Crippen molar-refractivity contribution in [2.45, 2.75) is 13.3 Å². The second-order valence-corrected chi connectivity index (χ2v) is 6.99. The van der Waals surface area contributed by atoms with E-state index in [1.165, 1.54) is 6.07 Å². The van der Waals surface area contributed by atoms with Crippen LogP contribution in [0, 0.1) is 5.82 Å². The summed E-state index contributed by atoms with van der Waals surface area (Å²) < 4.78 is 16.4. The van der Waals surface area contributed by atoms with Gasteiger partial charge in [0.2, 0.25) is 0 Å². The summed E-state index contributed by atoms with van der Waals surface area (Å²) >= 11 is 3.47.